The van der Waals surface area contributed by atoms with E-state index >= 15 is 0 Å². The molecule has 2 heteroatoms. The molecule has 0 aromatic rings. The van der Waals surface area contributed by atoms with Gasteiger partial charge in [-0.25, -0.2) is 8.78 Å². The van der Waals surface area contributed by atoms with E-state index in [9.17, 15) is 8.78 Å². The molecule has 0 N–H and O–H groups in total. The standard InChI is InChI=1S/C19H32F2/c1-3-15-7-9-16(10-8-15)6-4-5-14(2)17-11-12-18(20)19(21)13-17/h3,14-19H,1,4-13H2,2H3. The minimum Gasteiger partial charge on any atom is -0.244 e. The first-order chi connectivity index (χ1) is 10.1. The molecule has 0 bridgehead atoms. The minimum atomic E-state index is -1.21. The van der Waals surface area contributed by atoms with Crippen molar-refractivity contribution in [1.29, 1.82) is 0 Å². The maximum absolute atomic E-state index is 13.5. The summed E-state index contributed by atoms with van der Waals surface area (Å²) >= 11 is 0. The van der Waals surface area contributed by atoms with Gasteiger partial charge in [-0.15, -0.1) is 6.58 Å². The van der Waals surface area contributed by atoms with Gasteiger partial charge < -0.3 is 0 Å². The molecule has 4 unspecified atom stereocenters. The third-order valence-electron chi connectivity index (χ3n) is 6.03. The lowest BCUT2D eigenvalue weighted by atomic mass is 9.76. The molecule has 0 saturated heterocycles. The highest BCUT2D eigenvalue weighted by Crippen LogP contribution is 2.37. The quantitative estimate of drug-likeness (QED) is 0.507. The minimum absolute atomic E-state index is 0.406. The summed E-state index contributed by atoms with van der Waals surface area (Å²) in [5, 5.41) is 0. The molecule has 0 radical (unpaired) electrons. The second-order valence-electron chi connectivity index (χ2n) is 7.53. The summed E-state index contributed by atoms with van der Waals surface area (Å²) in [6.07, 6.45) is 10.6. The molecule has 0 spiro atoms. The SMILES string of the molecule is C=CC1CCC(CCCC(C)C2CCC(F)C(F)C2)CC1. The highest BCUT2D eigenvalue weighted by molar-refractivity contribution is 4.85. The van der Waals surface area contributed by atoms with Crippen LogP contribution in [-0.2, 0) is 0 Å². The topological polar surface area (TPSA) is 0 Å². The van der Waals surface area contributed by atoms with Gasteiger partial charge in [-0.2, -0.15) is 0 Å². The van der Waals surface area contributed by atoms with Gasteiger partial charge in [0.25, 0.3) is 0 Å². The van der Waals surface area contributed by atoms with E-state index in [1.165, 1.54) is 44.9 Å². The normalized spacial score (nSPS) is 38.9. The predicted octanol–water partition coefficient (Wildman–Crippen LogP) is 6.26. The van der Waals surface area contributed by atoms with Crippen molar-refractivity contribution in [3.63, 3.8) is 0 Å². The summed E-state index contributed by atoms with van der Waals surface area (Å²) in [6.45, 7) is 6.14. The first kappa shape index (κ1) is 17.0. The lowest BCUT2D eigenvalue weighted by Gasteiger charge is -2.32. The van der Waals surface area contributed by atoms with E-state index in [0.29, 0.717) is 24.7 Å². The van der Waals surface area contributed by atoms with E-state index in [1.807, 2.05) is 0 Å². The van der Waals surface area contributed by atoms with Crippen LogP contribution < -0.4 is 0 Å². The molecule has 0 aromatic carbocycles. The Morgan fingerprint density at radius 2 is 1.76 bits per heavy atom. The second kappa shape index (κ2) is 8.29. The summed E-state index contributed by atoms with van der Waals surface area (Å²) in [7, 11) is 0. The molecule has 122 valence electrons. The molecule has 0 nitrogen and oxygen atoms in total. The van der Waals surface area contributed by atoms with Crippen molar-refractivity contribution in [2.75, 3.05) is 0 Å². The largest absolute Gasteiger partial charge is 0.244 e. The third kappa shape index (κ3) is 5.07. The van der Waals surface area contributed by atoms with Crippen LogP contribution in [0.5, 0.6) is 0 Å². The van der Waals surface area contributed by atoms with Crippen molar-refractivity contribution in [3.05, 3.63) is 12.7 Å². The zero-order chi connectivity index (χ0) is 15.2. The van der Waals surface area contributed by atoms with Gasteiger partial charge in [-0.3, -0.25) is 0 Å². The predicted molar refractivity (Wildman–Crippen MR) is 85.8 cm³/mol. The van der Waals surface area contributed by atoms with Gasteiger partial charge in [0.2, 0.25) is 0 Å². The van der Waals surface area contributed by atoms with E-state index in [-0.39, 0.29) is 0 Å². The summed E-state index contributed by atoms with van der Waals surface area (Å²) in [4.78, 5) is 0. The first-order valence-corrected chi connectivity index (χ1v) is 9.00. The summed E-state index contributed by atoms with van der Waals surface area (Å²) in [5.41, 5.74) is 0. The molecule has 0 aromatic heterocycles. The summed E-state index contributed by atoms with van der Waals surface area (Å²) in [6, 6.07) is 0. The lowest BCUT2D eigenvalue weighted by Crippen LogP contribution is -2.30. The van der Waals surface area contributed by atoms with Crippen LogP contribution in [0.2, 0.25) is 0 Å². The molecule has 4 atom stereocenters. The van der Waals surface area contributed by atoms with E-state index in [2.05, 4.69) is 19.6 Å². The van der Waals surface area contributed by atoms with Crippen LogP contribution >= 0.6 is 0 Å². The number of hydrogen-bond donors (Lipinski definition) is 0. The fraction of sp³-hybridized carbons (Fsp3) is 0.895. The number of rotatable bonds is 6. The lowest BCUT2D eigenvalue weighted by molar-refractivity contribution is 0.0691. The van der Waals surface area contributed by atoms with Gasteiger partial charge in [0.15, 0.2) is 0 Å². The molecule has 2 rings (SSSR count). The third-order valence-corrected chi connectivity index (χ3v) is 6.03. The van der Waals surface area contributed by atoms with Gasteiger partial charge >= 0.3 is 0 Å². The number of alkyl halides is 2. The Morgan fingerprint density at radius 1 is 1.05 bits per heavy atom. The number of halogens is 2. The van der Waals surface area contributed by atoms with Crippen molar-refractivity contribution < 1.29 is 8.78 Å². The van der Waals surface area contributed by atoms with Gasteiger partial charge in [-0.1, -0.05) is 32.3 Å². The Hall–Kier alpha value is -0.400. The van der Waals surface area contributed by atoms with Crippen molar-refractivity contribution in [1.82, 2.24) is 0 Å². The monoisotopic (exact) mass is 298 g/mol. The average Bonchev–Trinajstić information content (AvgIpc) is 2.50. The van der Waals surface area contributed by atoms with Crippen molar-refractivity contribution in [2.24, 2.45) is 23.7 Å². The summed E-state index contributed by atoms with van der Waals surface area (Å²) in [5.74, 6) is 2.60. The molecule has 2 aliphatic rings. The van der Waals surface area contributed by atoms with Crippen LogP contribution in [0.1, 0.15) is 71.1 Å². The van der Waals surface area contributed by atoms with Crippen molar-refractivity contribution in [3.8, 4) is 0 Å². The van der Waals surface area contributed by atoms with Gasteiger partial charge in [0.05, 0.1) is 0 Å². The Morgan fingerprint density at radius 3 is 2.38 bits per heavy atom. The zero-order valence-corrected chi connectivity index (χ0v) is 13.6. The molecule has 2 fully saturated rings. The molecule has 21 heavy (non-hydrogen) atoms. The van der Waals surface area contributed by atoms with Crippen LogP contribution in [0.4, 0.5) is 8.78 Å². The molecule has 0 amide bonds. The fourth-order valence-electron chi connectivity index (χ4n) is 4.30. The van der Waals surface area contributed by atoms with E-state index in [1.54, 1.807) is 0 Å². The average molecular weight is 298 g/mol. The van der Waals surface area contributed by atoms with E-state index in [4.69, 9.17) is 0 Å². The molecule has 2 saturated carbocycles. The number of hydrogen-bond acceptors (Lipinski definition) is 0. The van der Waals surface area contributed by atoms with Gasteiger partial charge in [0, 0.05) is 0 Å². The van der Waals surface area contributed by atoms with Crippen LogP contribution in [0, 0.1) is 23.7 Å². The highest BCUT2D eigenvalue weighted by Gasteiger charge is 2.32. The van der Waals surface area contributed by atoms with Crippen LogP contribution in [0.3, 0.4) is 0 Å². The molecule has 0 heterocycles. The number of allylic oxidation sites excluding steroid dienone is 1. The summed E-state index contributed by atoms with van der Waals surface area (Å²) < 4.78 is 26.7. The van der Waals surface area contributed by atoms with Crippen molar-refractivity contribution in [2.45, 2.75) is 83.5 Å². The van der Waals surface area contributed by atoms with Gasteiger partial charge in [-0.05, 0) is 68.6 Å². The first-order valence-electron chi connectivity index (χ1n) is 9.00. The molecular formula is C19H32F2. The Balaban J connectivity index is 1.61. The maximum atomic E-state index is 13.5. The molecule has 0 aliphatic heterocycles. The Kier molecular flexibility index (Phi) is 6.70. The second-order valence-corrected chi connectivity index (χ2v) is 7.53. The van der Waals surface area contributed by atoms with Crippen LogP contribution in [-0.4, -0.2) is 12.3 Å². The highest BCUT2D eigenvalue weighted by atomic mass is 19.2. The van der Waals surface area contributed by atoms with E-state index < -0.39 is 12.3 Å². The van der Waals surface area contributed by atoms with Crippen LogP contribution in [0.15, 0.2) is 12.7 Å². The molecule has 2 aliphatic carbocycles. The Labute approximate surface area is 129 Å². The van der Waals surface area contributed by atoms with Gasteiger partial charge in [0.1, 0.15) is 12.3 Å². The zero-order valence-electron chi connectivity index (χ0n) is 13.6. The molecular weight excluding hydrogens is 266 g/mol. The van der Waals surface area contributed by atoms with Crippen molar-refractivity contribution >= 4 is 0 Å². The van der Waals surface area contributed by atoms with E-state index in [0.717, 1.165) is 18.3 Å². The smallest absolute Gasteiger partial charge is 0.131 e. The fourth-order valence-corrected chi connectivity index (χ4v) is 4.30. The van der Waals surface area contributed by atoms with Crippen LogP contribution in [0.25, 0.3) is 0 Å². The maximum Gasteiger partial charge on any atom is 0.131 e. The Bertz CT molecular complexity index is 307.